The lowest BCUT2D eigenvalue weighted by atomic mass is 10.0. The topological polar surface area (TPSA) is 43.4 Å². The highest BCUT2D eigenvalue weighted by Gasteiger charge is 2.34. The van der Waals surface area contributed by atoms with Gasteiger partial charge >= 0.3 is 0 Å². The van der Waals surface area contributed by atoms with Gasteiger partial charge in [0.05, 0.1) is 25.4 Å². The van der Waals surface area contributed by atoms with Crippen LogP contribution >= 0.6 is 0 Å². The molecule has 18 heavy (non-hydrogen) atoms. The molecule has 0 unspecified atom stereocenters. The Morgan fingerprint density at radius 2 is 2.39 bits per heavy atom. The second-order valence-corrected chi connectivity index (χ2v) is 5.10. The van der Waals surface area contributed by atoms with Crippen LogP contribution < -0.4 is 5.32 Å². The summed E-state index contributed by atoms with van der Waals surface area (Å²) in [4.78, 5) is 4.07. The molecule has 4 nitrogen and oxygen atoms in total. The Morgan fingerprint density at radius 3 is 3.28 bits per heavy atom. The van der Waals surface area contributed by atoms with Crippen LogP contribution in [-0.2, 0) is 16.1 Å². The zero-order valence-electron chi connectivity index (χ0n) is 10.5. The predicted molar refractivity (Wildman–Crippen MR) is 68.2 cm³/mol. The first kappa shape index (κ1) is 12.1. The Balaban J connectivity index is 1.41. The zero-order chi connectivity index (χ0) is 12.2. The Hall–Kier alpha value is -0.970. The van der Waals surface area contributed by atoms with Crippen molar-refractivity contribution in [3.05, 3.63) is 30.1 Å². The van der Waals surface area contributed by atoms with E-state index in [1.165, 1.54) is 6.42 Å². The van der Waals surface area contributed by atoms with Crippen molar-refractivity contribution in [1.82, 2.24) is 10.3 Å². The number of ether oxygens (including phenoxy) is 2. The molecule has 0 aliphatic carbocycles. The minimum atomic E-state index is 0.267. The molecule has 0 amide bonds. The van der Waals surface area contributed by atoms with Gasteiger partial charge in [0.25, 0.3) is 0 Å². The summed E-state index contributed by atoms with van der Waals surface area (Å²) in [6.07, 6.45) is 7.75. The van der Waals surface area contributed by atoms with Gasteiger partial charge in [0.2, 0.25) is 0 Å². The number of nitrogens with zero attached hydrogens (tertiary/aromatic N) is 1. The van der Waals surface area contributed by atoms with Crippen LogP contribution in [0.3, 0.4) is 0 Å². The first-order valence-corrected chi connectivity index (χ1v) is 6.77. The van der Waals surface area contributed by atoms with E-state index < -0.39 is 0 Å². The lowest BCUT2D eigenvalue weighted by molar-refractivity contribution is -0.0909. The fourth-order valence-corrected chi connectivity index (χ4v) is 2.79. The van der Waals surface area contributed by atoms with E-state index in [0.29, 0.717) is 25.4 Å². The van der Waals surface area contributed by atoms with Gasteiger partial charge in [0.1, 0.15) is 0 Å². The molecule has 1 aromatic rings. The Bertz CT molecular complexity index is 371. The highest BCUT2D eigenvalue weighted by atomic mass is 16.5. The van der Waals surface area contributed by atoms with E-state index in [4.69, 9.17) is 9.47 Å². The summed E-state index contributed by atoms with van der Waals surface area (Å²) in [6, 6.07) is 4.55. The van der Waals surface area contributed by atoms with Gasteiger partial charge in [-0.15, -0.1) is 0 Å². The van der Waals surface area contributed by atoms with Crippen molar-refractivity contribution in [1.29, 1.82) is 0 Å². The van der Waals surface area contributed by atoms with Crippen molar-refractivity contribution in [3.8, 4) is 0 Å². The molecule has 3 atom stereocenters. The maximum atomic E-state index is 6.05. The molecular formula is C14H20N2O2. The fourth-order valence-electron chi connectivity index (χ4n) is 2.79. The van der Waals surface area contributed by atoms with Gasteiger partial charge in [-0.2, -0.15) is 0 Å². The molecule has 3 rings (SSSR count). The number of hydrogen-bond donors (Lipinski definition) is 1. The Kier molecular flexibility index (Phi) is 3.88. The summed E-state index contributed by atoms with van der Waals surface area (Å²) in [5.41, 5.74) is 1.12. The number of aromatic nitrogens is 1. The van der Waals surface area contributed by atoms with Crippen molar-refractivity contribution in [2.24, 2.45) is 0 Å². The summed E-state index contributed by atoms with van der Waals surface area (Å²) in [5, 5.41) is 3.49. The molecule has 4 heteroatoms. The van der Waals surface area contributed by atoms with Crippen molar-refractivity contribution in [2.45, 2.75) is 44.1 Å². The SMILES string of the molecule is c1cncc(COC[C@@H]2CC[C@H]3NCC[C@H]3O2)c1. The summed E-state index contributed by atoms with van der Waals surface area (Å²) >= 11 is 0. The Morgan fingerprint density at radius 1 is 1.39 bits per heavy atom. The van der Waals surface area contributed by atoms with Crippen molar-refractivity contribution >= 4 is 0 Å². The van der Waals surface area contributed by atoms with E-state index in [1.807, 2.05) is 18.3 Å². The van der Waals surface area contributed by atoms with Gasteiger partial charge in [-0.05, 0) is 37.4 Å². The standard InChI is InChI=1S/C14H20N2O2/c1-2-11(8-15-6-1)9-17-10-12-3-4-13-14(18-12)5-7-16-13/h1-2,6,8,12-14,16H,3-5,7,9-10H2/t12-,13+,14+/m0/s1. The second kappa shape index (κ2) is 5.78. The molecule has 0 spiro atoms. The van der Waals surface area contributed by atoms with Crippen LogP contribution in [-0.4, -0.2) is 36.4 Å². The minimum Gasteiger partial charge on any atom is -0.374 e. The molecule has 2 aliphatic rings. The monoisotopic (exact) mass is 248 g/mol. The number of hydrogen-bond acceptors (Lipinski definition) is 4. The van der Waals surface area contributed by atoms with Gasteiger partial charge in [-0.25, -0.2) is 0 Å². The minimum absolute atomic E-state index is 0.267. The molecule has 1 aromatic heterocycles. The second-order valence-electron chi connectivity index (χ2n) is 5.10. The quantitative estimate of drug-likeness (QED) is 0.877. The first-order valence-electron chi connectivity index (χ1n) is 6.77. The highest BCUT2D eigenvalue weighted by Crippen LogP contribution is 2.25. The number of pyridine rings is 1. The van der Waals surface area contributed by atoms with Gasteiger partial charge in [0.15, 0.2) is 0 Å². The van der Waals surface area contributed by atoms with Gasteiger partial charge < -0.3 is 14.8 Å². The number of nitrogens with one attached hydrogen (secondary N) is 1. The predicted octanol–water partition coefficient (Wildman–Crippen LogP) is 1.51. The molecule has 2 aliphatic heterocycles. The van der Waals surface area contributed by atoms with Gasteiger partial charge in [-0.3, -0.25) is 4.98 Å². The molecule has 0 radical (unpaired) electrons. The average Bonchev–Trinajstić information content (AvgIpc) is 2.87. The van der Waals surface area contributed by atoms with E-state index in [9.17, 15) is 0 Å². The van der Waals surface area contributed by atoms with E-state index >= 15 is 0 Å². The first-order chi connectivity index (χ1) is 8.92. The third-order valence-electron chi connectivity index (χ3n) is 3.75. The lowest BCUT2D eigenvalue weighted by Gasteiger charge is -2.32. The van der Waals surface area contributed by atoms with E-state index in [-0.39, 0.29) is 6.10 Å². The third-order valence-corrected chi connectivity index (χ3v) is 3.75. The summed E-state index contributed by atoms with van der Waals surface area (Å²) in [7, 11) is 0. The highest BCUT2D eigenvalue weighted by molar-refractivity contribution is 5.06. The smallest absolute Gasteiger partial charge is 0.0813 e. The molecule has 0 bridgehead atoms. The van der Waals surface area contributed by atoms with Crippen LogP contribution in [0.2, 0.25) is 0 Å². The maximum Gasteiger partial charge on any atom is 0.0813 e. The molecule has 3 heterocycles. The van der Waals surface area contributed by atoms with Crippen molar-refractivity contribution in [2.75, 3.05) is 13.2 Å². The summed E-state index contributed by atoms with van der Waals surface area (Å²) in [6.45, 7) is 2.41. The molecule has 2 fully saturated rings. The molecule has 2 saturated heterocycles. The maximum absolute atomic E-state index is 6.05. The largest absolute Gasteiger partial charge is 0.374 e. The van der Waals surface area contributed by atoms with Crippen LogP contribution in [0.1, 0.15) is 24.8 Å². The third kappa shape index (κ3) is 2.88. The normalized spacial score (nSPS) is 31.2. The number of rotatable bonds is 4. The van der Waals surface area contributed by atoms with Gasteiger partial charge in [-0.1, -0.05) is 6.07 Å². The zero-order valence-corrected chi connectivity index (χ0v) is 10.5. The molecule has 0 saturated carbocycles. The average molecular weight is 248 g/mol. The Labute approximate surface area is 108 Å². The van der Waals surface area contributed by atoms with Crippen LogP contribution in [0.4, 0.5) is 0 Å². The lowest BCUT2D eigenvalue weighted by Crippen LogP contribution is -2.41. The van der Waals surface area contributed by atoms with E-state index in [0.717, 1.165) is 24.9 Å². The van der Waals surface area contributed by atoms with Crippen LogP contribution in [0.25, 0.3) is 0 Å². The van der Waals surface area contributed by atoms with Crippen molar-refractivity contribution in [3.63, 3.8) is 0 Å². The van der Waals surface area contributed by atoms with E-state index in [2.05, 4.69) is 10.3 Å². The number of fused-ring (bicyclic) bond motifs is 1. The molecule has 1 N–H and O–H groups in total. The van der Waals surface area contributed by atoms with Crippen LogP contribution in [0.15, 0.2) is 24.5 Å². The van der Waals surface area contributed by atoms with Crippen LogP contribution in [0, 0.1) is 0 Å². The van der Waals surface area contributed by atoms with Crippen molar-refractivity contribution < 1.29 is 9.47 Å². The molecule has 0 aromatic carbocycles. The fraction of sp³-hybridized carbons (Fsp3) is 0.643. The van der Waals surface area contributed by atoms with Crippen LogP contribution in [0.5, 0.6) is 0 Å². The summed E-state index contributed by atoms with van der Waals surface area (Å²) < 4.78 is 11.8. The van der Waals surface area contributed by atoms with Gasteiger partial charge in [0, 0.05) is 18.4 Å². The molecular weight excluding hydrogens is 228 g/mol. The summed E-state index contributed by atoms with van der Waals surface area (Å²) in [5.74, 6) is 0. The van der Waals surface area contributed by atoms with E-state index in [1.54, 1.807) is 6.20 Å². The molecule has 98 valence electrons.